The Labute approximate surface area is 161 Å². The van der Waals surface area contributed by atoms with E-state index in [1.807, 2.05) is 0 Å². The first-order chi connectivity index (χ1) is 12.5. The number of nitrogens with zero attached hydrogens (tertiary/aromatic N) is 2. The fraction of sp³-hybridized carbons (Fsp3) is 0.267. The molecule has 2 aromatic rings. The lowest BCUT2D eigenvalue weighted by molar-refractivity contribution is 0.0945. The number of hydrogen-bond donors (Lipinski definition) is 2. The average molecular weight is 433 g/mol. The van der Waals surface area contributed by atoms with Gasteiger partial charge >= 0.3 is 0 Å². The number of nitrogens with one attached hydrogen (secondary N) is 1. The van der Waals surface area contributed by atoms with Crippen molar-refractivity contribution in [2.75, 3.05) is 5.75 Å². The van der Waals surface area contributed by atoms with Gasteiger partial charge in [-0.15, -0.1) is 0 Å². The highest BCUT2D eigenvalue weighted by Gasteiger charge is 2.21. The molecule has 0 aliphatic rings. The Morgan fingerprint density at radius 3 is 2.37 bits per heavy atom. The van der Waals surface area contributed by atoms with E-state index in [0.29, 0.717) is 12.0 Å². The Morgan fingerprint density at radius 2 is 1.81 bits per heavy atom. The number of hydrogen-bond acceptors (Lipinski definition) is 7. The number of benzene rings is 1. The molecule has 1 heterocycles. The van der Waals surface area contributed by atoms with E-state index in [2.05, 4.69) is 15.3 Å². The van der Waals surface area contributed by atoms with Crippen LogP contribution in [0.1, 0.15) is 29.4 Å². The summed E-state index contributed by atoms with van der Waals surface area (Å²) in [5.74, 6) is -0.836. The summed E-state index contributed by atoms with van der Waals surface area (Å²) in [6.45, 7) is 1.74. The first-order valence-corrected chi connectivity index (χ1v) is 11.3. The van der Waals surface area contributed by atoms with E-state index < -0.39 is 30.9 Å². The number of amides is 1. The van der Waals surface area contributed by atoms with Gasteiger partial charge in [0.1, 0.15) is 0 Å². The van der Waals surface area contributed by atoms with Crippen molar-refractivity contribution < 1.29 is 21.6 Å². The number of sulfone groups is 1. The van der Waals surface area contributed by atoms with Gasteiger partial charge in [-0.05, 0) is 24.1 Å². The van der Waals surface area contributed by atoms with Crippen molar-refractivity contribution >= 4 is 37.4 Å². The Balaban J connectivity index is 2.16. The van der Waals surface area contributed by atoms with Crippen molar-refractivity contribution in [2.24, 2.45) is 5.14 Å². The van der Waals surface area contributed by atoms with Crippen LogP contribution < -0.4 is 10.5 Å². The van der Waals surface area contributed by atoms with Gasteiger partial charge in [-0.1, -0.05) is 30.7 Å². The van der Waals surface area contributed by atoms with Crippen LogP contribution in [-0.4, -0.2) is 38.5 Å². The van der Waals surface area contributed by atoms with Crippen LogP contribution in [-0.2, 0) is 26.4 Å². The molecule has 12 heteroatoms. The molecule has 0 unspecified atom stereocenters. The van der Waals surface area contributed by atoms with Crippen LogP contribution in [0.5, 0.6) is 0 Å². The van der Waals surface area contributed by atoms with Crippen LogP contribution in [0.15, 0.2) is 40.5 Å². The van der Waals surface area contributed by atoms with E-state index in [9.17, 15) is 21.6 Å². The lowest BCUT2D eigenvalue weighted by Crippen LogP contribution is -2.25. The maximum absolute atomic E-state index is 12.3. The van der Waals surface area contributed by atoms with Gasteiger partial charge in [0, 0.05) is 6.54 Å². The molecule has 146 valence electrons. The van der Waals surface area contributed by atoms with Gasteiger partial charge in [-0.3, -0.25) is 4.79 Å². The standard InChI is InChI=1S/C15H17ClN4O5S2/c1-2-7-26(22,23)15-19-9-12(16)13(20-15)14(21)18-8-10-3-5-11(6-4-10)27(17,24)25/h3-6,9H,2,7-8H2,1H3,(H,18,21)(H2,17,24,25). The maximum atomic E-state index is 12.3. The number of nitrogens with two attached hydrogens (primary N) is 1. The molecule has 0 aliphatic carbocycles. The topological polar surface area (TPSA) is 149 Å². The van der Waals surface area contributed by atoms with Crippen molar-refractivity contribution in [3.63, 3.8) is 0 Å². The van der Waals surface area contributed by atoms with Gasteiger partial charge in [0.05, 0.1) is 21.9 Å². The quantitative estimate of drug-likeness (QED) is 0.617. The summed E-state index contributed by atoms with van der Waals surface area (Å²) >= 11 is 5.91. The molecule has 1 aromatic carbocycles. The minimum absolute atomic E-state index is 0.0428. The number of carbonyl (C=O) groups excluding carboxylic acids is 1. The average Bonchev–Trinajstić information content (AvgIpc) is 2.59. The molecular weight excluding hydrogens is 416 g/mol. The summed E-state index contributed by atoms with van der Waals surface area (Å²) < 4.78 is 46.5. The van der Waals surface area contributed by atoms with E-state index >= 15 is 0 Å². The van der Waals surface area contributed by atoms with Crippen LogP contribution in [0.4, 0.5) is 0 Å². The second-order valence-corrected chi connectivity index (χ2v) is 9.51. The predicted molar refractivity (Wildman–Crippen MR) is 98.4 cm³/mol. The number of sulfonamides is 1. The number of primary sulfonamides is 1. The highest BCUT2D eigenvalue weighted by Crippen LogP contribution is 2.16. The first-order valence-electron chi connectivity index (χ1n) is 7.70. The monoisotopic (exact) mass is 432 g/mol. The number of halogens is 1. The van der Waals surface area contributed by atoms with E-state index in [-0.39, 0.29) is 27.9 Å². The maximum Gasteiger partial charge on any atom is 0.271 e. The first kappa shape index (κ1) is 21.2. The second kappa shape index (κ2) is 8.30. The third kappa shape index (κ3) is 5.45. The fourth-order valence-electron chi connectivity index (χ4n) is 2.08. The molecule has 2 rings (SSSR count). The Hall–Kier alpha value is -2.08. The van der Waals surface area contributed by atoms with Gasteiger partial charge in [-0.25, -0.2) is 31.9 Å². The van der Waals surface area contributed by atoms with Crippen LogP contribution in [0.25, 0.3) is 0 Å². The fourth-order valence-corrected chi connectivity index (χ4v) is 3.94. The third-order valence-corrected chi connectivity index (χ3v) is 6.30. The van der Waals surface area contributed by atoms with Gasteiger partial charge in [0.25, 0.3) is 5.91 Å². The predicted octanol–water partition coefficient (Wildman–Crippen LogP) is 0.891. The Bertz CT molecular complexity index is 1050. The number of carbonyl (C=O) groups is 1. The molecule has 1 aromatic heterocycles. The van der Waals surface area contributed by atoms with Crippen LogP contribution in [0.3, 0.4) is 0 Å². The molecular formula is C15H17ClN4O5S2. The smallest absolute Gasteiger partial charge is 0.271 e. The van der Waals surface area contributed by atoms with E-state index in [0.717, 1.165) is 6.20 Å². The SMILES string of the molecule is CCCS(=O)(=O)c1ncc(Cl)c(C(=O)NCc2ccc(S(N)(=O)=O)cc2)n1. The van der Waals surface area contributed by atoms with Gasteiger partial charge < -0.3 is 5.32 Å². The molecule has 0 bridgehead atoms. The van der Waals surface area contributed by atoms with Crippen LogP contribution >= 0.6 is 11.6 Å². The molecule has 27 heavy (non-hydrogen) atoms. The molecule has 0 spiro atoms. The Morgan fingerprint density at radius 1 is 1.19 bits per heavy atom. The van der Waals surface area contributed by atoms with Crippen LogP contribution in [0.2, 0.25) is 5.02 Å². The summed E-state index contributed by atoms with van der Waals surface area (Å²) in [6, 6.07) is 5.59. The zero-order valence-electron chi connectivity index (χ0n) is 14.2. The molecule has 0 fully saturated rings. The molecule has 0 saturated heterocycles. The van der Waals surface area contributed by atoms with Gasteiger partial charge in [0.15, 0.2) is 5.69 Å². The normalized spacial score (nSPS) is 12.0. The summed E-state index contributed by atoms with van der Waals surface area (Å²) in [6.07, 6.45) is 1.44. The highest BCUT2D eigenvalue weighted by atomic mass is 35.5. The zero-order chi connectivity index (χ0) is 20.2. The highest BCUT2D eigenvalue weighted by molar-refractivity contribution is 7.91. The molecule has 3 N–H and O–H groups in total. The molecule has 0 saturated carbocycles. The molecule has 0 radical (unpaired) electrons. The lowest BCUT2D eigenvalue weighted by atomic mass is 10.2. The van der Waals surface area contributed by atoms with Gasteiger partial charge in [-0.2, -0.15) is 0 Å². The van der Waals surface area contributed by atoms with Crippen molar-refractivity contribution in [3.05, 3.63) is 46.7 Å². The summed E-state index contributed by atoms with van der Waals surface area (Å²) in [5, 5.41) is 7.00. The number of rotatable bonds is 7. The zero-order valence-corrected chi connectivity index (χ0v) is 16.6. The minimum atomic E-state index is -3.80. The molecule has 1 amide bonds. The lowest BCUT2D eigenvalue weighted by Gasteiger charge is -2.08. The van der Waals surface area contributed by atoms with Crippen LogP contribution in [0, 0.1) is 0 Å². The summed E-state index contributed by atoms with van der Waals surface area (Å²) in [4.78, 5) is 19.7. The third-order valence-electron chi connectivity index (χ3n) is 3.39. The molecule has 9 nitrogen and oxygen atoms in total. The van der Waals surface area contributed by atoms with Gasteiger partial charge in [0.2, 0.25) is 25.0 Å². The summed E-state index contributed by atoms with van der Waals surface area (Å²) in [5.41, 5.74) is 0.335. The van der Waals surface area contributed by atoms with E-state index in [1.54, 1.807) is 6.92 Å². The van der Waals surface area contributed by atoms with Crippen molar-refractivity contribution in [2.45, 2.75) is 29.9 Å². The van der Waals surface area contributed by atoms with E-state index in [4.69, 9.17) is 16.7 Å². The van der Waals surface area contributed by atoms with Crippen molar-refractivity contribution in [1.82, 2.24) is 15.3 Å². The molecule has 0 aliphatic heterocycles. The summed E-state index contributed by atoms with van der Waals surface area (Å²) in [7, 11) is -7.50. The van der Waals surface area contributed by atoms with Crippen molar-refractivity contribution in [3.8, 4) is 0 Å². The largest absolute Gasteiger partial charge is 0.347 e. The minimum Gasteiger partial charge on any atom is -0.347 e. The van der Waals surface area contributed by atoms with Crippen molar-refractivity contribution in [1.29, 1.82) is 0 Å². The van der Waals surface area contributed by atoms with E-state index in [1.165, 1.54) is 24.3 Å². The molecule has 0 atom stereocenters. The number of aromatic nitrogens is 2. The second-order valence-electron chi connectivity index (χ2n) is 5.54. The Kier molecular flexibility index (Phi) is 6.52.